The van der Waals surface area contributed by atoms with Gasteiger partial charge in [-0.2, -0.15) is 0 Å². The zero-order valence-electron chi connectivity index (χ0n) is 13.5. The Balaban J connectivity index is 2.13. The average molecular weight is 286 g/mol. The number of rotatable bonds is 5. The summed E-state index contributed by atoms with van der Waals surface area (Å²) < 4.78 is 0. The number of carbonyl (C=O) groups excluding carboxylic acids is 1. The number of nitrogens with one attached hydrogen (secondary N) is 2. The van der Waals surface area contributed by atoms with Gasteiger partial charge in [-0.3, -0.25) is 4.79 Å². The second kappa shape index (κ2) is 6.90. The van der Waals surface area contributed by atoms with Crippen LogP contribution in [0.15, 0.2) is 35.4 Å². The van der Waals surface area contributed by atoms with Gasteiger partial charge in [-0.05, 0) is 36.0 Å². The highest BCUT2D eigenvalue weighted by Gasteiger charge is 2.21. The molecular weight excluding hydrogens is 260 g/mol. The van der Waals surface area contributed by atoms with Crippen molar-refractivity contribution in [2.75, 3.05) is 13.1 Å². The molecule has 3 nitrogen and oxygen atoms in total. The van der Waals surface area contributed by atoms with Crippen LogP contribution in [-0.2, 0) is 11.2 Å². The molecule has 0 saturated carbocycles. The van der Waals surface area contributed by atoms with Crippen molar-refractivity contribution in [2.24, 2.45) is 5.92 Å². The first-order valence-corrected chi connectivity index (χ1v) is 7.82. The Labute approximate surface area is 127 Å². The van der Waals surface area contributed by atoms with Crippen LogP contribution in [0.2, 0.25) is 0 Å². The minimum Gasteiger partial charge on any atom is -0.345 e. The van der Waals surface area contributed by atoms with Gasteiger partial charge in [-0.1, -0.05) is 45.0 Å². The van der Waals surface area contributed by atoms with Gasteiger partial charge in [0.25, 0.3) is 0 Å². The number of hydrogen-bond donors (Lipinski definition) is 2. The Hall–Kier alpha value is -1.61. The molecule has 1 aromatic rings. The van der Waals surface area contributed by atoms with E-state index in [1.165, 1.54) is 16.7 Å². The molecule has 21 heavy (non-hydrogen) atoms. The van der Waals surface area contributed by atoms with E-state index in [2.05, 4.69) is 55.7 Å². The van der Waals surface area contributed by atoms with Crippen molar-refractivity contribution < 1.29 is 4.79 Å². The maximum absolute atomic E-state index is 12.4. The zero-order valence-corrected chi connectivity index (χ0v) is 13.5. The zero-order chi connectivity index (χ0) is 15.4. The van der Waals surface area contributed by atoms with Crippen molar-refractivity contribution in [3.63, 3.8) is 0 Å². The van der Waals surface area contributed by atoms with Crippen LogP contribution in [-0.4, -0.2) is 19.0 Å². The monoisotopic (exact) mass is 286 g/mol. The van der Waals surface area contributed by atoms with Gasteiger partial charge < -0.3 is 10.6 Å². The molecule has 0 spiro atoms. The Bertz CT molecular complexity index is 523. The fourth-order valence-electron chi connectivity index (χ4n) is 2.52. The summed E-state index contributed by atoms with van der Waals surface area (Å²) in [6.45, 7) is 10.0. The van der Waals surface area contributed by atoms with Gasteiger partial charge in [-0.25, -0.2) is 0 Å². The van der Waals surface area contributed by atoms with Gasteiger partial charge in [0.1, 0.15) is 0 Å². The number of hydrogen-bond acceptors (Lipinski definition) is 2. The second-order valence-corrected chi connectivity index (χ2v) is 6.12. The van der Waals surface area contributed by atoms with Crippen molar-refractivity contribution in [3.05, 3.63) is 46.5 Å². The molecule has 1 unspecified atom stereocenters. The van der Waals surface area contributed by atoms with Crippen molar-refractivity contribution in [2.45, 2.75) is 40.2 Å². The predicted molar refractivity (Wildman–Crippen MR) is 87.1 cm³/mol. The van der Waals surface area contributed by atoms with E-state index in [9.17, 15) is 4.79 Å². The molecule has 1 amide bonds. The van der Waals surface area contributed by atoms with Crippen molar-refractivity contribution in [1.29, 1.82) is 0 Å². The minimum absolute atomic E-state index is 0.0600. The highest BCUT2D eigenvalue weighted by molar-refractivity contribution is 5.94. The largest absolute Gasteiger partial charge is 0.345 e. The lowest BCUT2D eigenvalue weighted by molar-refractivity contribution is -0.118. The van der Waals surface area contributed by atoms with Crippen LogP contribution in [0, 0.1) is 5.92 Å². The number of amides is 1. The van der Waals surface area contributed by atoms with Gasteiger partial charge in [0, 0.05) is 18.7 Å². The summed E-state index contributed by atoms with van der Waals surface area (Å²) in [5, 5.41) is 6.37. The van der Waals surface area contributed by atoms with Crippen molar-refractivity contribution in [1.82, 2.24) is 10.6 Å². The van der Waals surface area contributed by atoms with E-state index < -0.39 is 0 Å². The summed E-state index contributed by atoms with van der Waals surface area (Å²) in [4.78, 5) is 12.4. The fourth-order valence-corrected chi connectivity index (χ4v) is 2.52. The third-order valence-corrected chi connectivity index (χ3v) is 4.25. The molecular formula is C18H26N2O. The van der Waals surface area contributed by atoms with E-state index in [0.717, 1.165) is 25.1 Å². The molecule has 2 N–H and O–H groups in total. The van der Waals surface area contributed by atoms with Gasteiger partial charge in [0.15, 0.2) is 0 Å². The molecule has 2 rings (SSSR count). The first-order valence-electron chi connectivity index (χ1n) is 7.82. The van der Waals surface area contributed by atoms with Crippen LogP contribution >= 0.6 is 0 Å². The lowest BCUT2D eigenvalue weighted by Gasteiger charge is -2.26. The summed E-state index contributed by atoms with van der Waals surface area (Å²) in [7, 11) is 0. The molecule has 0 radical (unpaired) electrons. The highest BCUT2D eigenvalue weighted by atomic mass is 16.1. The maximum Gasteiger partial charge on any atom is 0.247 e. The first-order chi connectivity index (χ1) is 10.0. The third kappa shape index (κ3) is 3.73. The Morgan fingerprint density at radius 1 is 1.24 bits per heavy atom. The Morgan fingerprint density at radius 2 is 1.86 bits per heavy atom. The molecule has 114 valence electrons. The first kappa shape index (κ1) is 15.8. The topological polar surface area (TPSA) is 41.1 Å². The molecule has 0 aromatic heterocycles. The van der Waals surface area contributed by atoms with Gasteiger partial charge in [-0.15, -0.1) is 0 Å². The van der Waals surface area contributed by atoms with Gasteiger partial charge >= 0.3 is 0 Å². The molecule has 1 saturated heterocycles. The normalized spacial score (nSPS) is 15.6. The second-order valence-electron chi connectivity index (χ2n) is 6.12. The van der Waals surface area contributed by atoms with E-state index in [1.807, 2.05) is 6.92 Å². The molecule has 1 aliphatic heterocycles. The molecule has 0 aliphatic carbocycles. The van der Waals surface area contributed by atoms with Crippen LogP contribution in [0.25, 0.3) is 0 Å². The molecule has 1 aromatic carbocycles. The third-order valence-electron chi connectivity index (χ3n) is 4.25. The summed E-state index contributed by atoms with van der Waals surface area (Å²) in [5.74, 6) is 0.420. The fraction of sp³-hybridized carbons (Fsp3) is 0.500. The van der Waals surface area contributed by atoms with E-state index >= 15 is 0 Å². The summed E-state index contributed by atoms with van der Waals surface area (Å²) >= 11 is 0. The van der Waals surface area contributed by atoms with Gasteiger partial charge in [0.05, 0.1) is 6.04 Å². The Kier molecular flexibility index (Phi) is 5.18. The highest BCUT2D eigenvalue weighted by Crippen LogP contribution is 2.23. The SMILES string of the molecule is CCc1ccc(C(NC(=O)C(C)=C2CNC2)C(C)C)cc1. The summed E-state index contributed by atoms with van der Waals surface area (Å²) in [6.07, 6.45) is 1.04. The lowest BCUT2D eigenvalue weighted by atomic mass is 9.94. The molecule has 3 heteroatoms. The van der Waals surface area contributed by atoms with Crippen molar-refractivity contribution >= 4 is 5.91 Å². The molecule has 1 heterocycles. The molecule has 1 atom stereocenters. The van der Waals surface area contributed by atoms with Crippen LogP contribution in [0.3, 0.4) is 0 Å². The number of benzene rings is 1. The summed E-state index contributed by atoms with van der Waals surface area (Å²) in [5.41, 5.74) is 4.59. The van der Waals surface area contributed by atoms with Crippen LogP contribution in [0.5, 0.6) is 0 Å². The quantitative estimate of drug-likeness (QED) is 0.817. The van der Waals surface area contributed by atoms with E-state index in [1.54, 1.807) is 0 Å². The number of carbonyl (C=O) groups is 1. The standard InChI is InChI=1S/C18H26N2O/c1-5-14-6-8-15(9-7-14)17(12(2)3)20-18(21)13(4)16-10-19-11-16/h6-9,12,17,19H,5,10-11H2,1-4H3,(H,20,21). The average Bonchev–Trinajstić information content (AvgIpc) is 2.42. The molecule has 1 fully saturated rings. The number of aryl methyl sites for hydroxylation is 1. The maximum atomic E-state index is 12.4. The van der Waals surface area contributed by atoms with Crippen LogP contribution in [0.1, 0.15) is 44.9 Å². The van der Waals surface area contributed by atoms with Crippen LogP contribution in [0.4, 0.5) is 0 Å². The molecule has 0 bridgehead atoms. The van der Waals surface area contributed by atoms with E-state index in [0.29, 0.717) is 5.92 Å². The van der Waals surface area contributed by atoms with Crippen molar-refractivity contribution in [3.8, 4) is 0 Å². The van der Waals surface area contributed by atoms with Crippen LogP contribution < -0.4 is 10.6 Å². The predicted octanol–water partition coefficient (Wildman–Crippen LogP) is 2.98. The van der Waals surface area contributed by atoms with E-state index in [4.69, 9.17) is 0 Å². The lowest BCUT2D eigenvalue weighted by Crippen LogP contribution is -2.39. The van der Waals surface area contributed by atoms with E-state index in [-0.39, 0.29) is 11.9 Å². The minimum atomic E-state index is 0.0600. The van der Waals surface area contributed by atoms with Gasteiger partial charge in [0.2, 0.25) is 5.91 Å². The summed E-state index contributed by atoms with van der Waals surface area (Å²) in [6, 6.07) is 8.64. The smallest absolute Gasteiger partial charge is 0.247 e. The Morgan fingerprint density at radius 3 is 2.29 bits per heavy atom. The molecule has 1 aliphatic rings.